The smallest absolute Gasteiger partial charge is 0.172 e. The minimum absolute atomic E-state index is 0.586. The number of fused-ring (bicyclic) bond motifs is 1. The van der Waals surface area contributed by atoms with E-state index in [1.165, 1.54) is 0 Å². The van der Waals surface area contributed by atoms with E-state index in [1.807, 2.05) is 50.7 Å². The molecule has 0 bridgehead atoms. The second-order valence-corrected chi connectivity index (χ2v) is 8.61. The van der Waals surface area contributed by atoms with Crippen LogP contribution in [0.1, 0.15) is 43.6 Å². The summed E-state index contributed by atoms with van der Waals surface area (Å²) in [5.74, 6) is 1.72. The van der Waals surface area contributed by atoms with Crippen molar-refractivity contribution in [1.29, 1.82) is 0 Å². The SMILES string of the molecule is CCC(O)(CC)c1cc(NCc2cccc(-c3nccn3C)c2)n2nc(C)c(Br)c2n1. The summed E-state index contributed by atoms with van der Waals surface area (Å²) in [5, 5.41) is 19.2. The molecule has 8 heteroatoms. The lowest BCUT2D eigenvalue weighted by atomic mass is 9.93. The lowest BCUT2D eigenvalue weighted by molar-refractivity contribution is 0.0242. The normalized spacial score (nSPS) is 11.9. The topological polar surface area (TPSA) is 80.3 Å². The lowest BCUT2D eigenvalue weighted by Gasteiger charge is -2.25. The first-order chi connectivity index (χ1) is 14.9. The third-order valence-corrected chi connectivity index (χ3v) is 6.75. The molecule has 3 heterocycles. The molecular formula is C23H27BrN6O. The van der Waals surface area contributed by atoms with Gasteiger partial charge in [0, 0.05) is 37.6 Å². The highest BCUT2D eigenvalue weighted by atomic mass is 79.9. The molecule has 7 nitrogen and oxygen atoms in total. The number of rotatable bonds is 7. The van der Waals surface area contributed by atoms with Crippen LogP contribution in [-0.4, -0.2) is 29.3 Å². The molecule has 0 unspecified atom stereocenters. The zero-order valence-electron chi connectivity index (χ0n) is 18.2. The number of hydrogen-bond donors (Lipinski definition) is 2. The summed E-state index contributed by atoms with van der Waals surface area (Å²) in [7, 11) is 1.99. The van der Waals surface area contributed by atoms with Crippen molar-refractivity contribution in [2.45, 2.75) is 45.8 Å². The lowest BCUT2D eigenvalue weighted by Crippen LogP contribution is -2.26. The summed E-state index contributed by atoms with van der Waals surface area (Å²) < 4.78 is 4.63. The first-order valence-electron chi connectivity index (χ1n) is 10.5. The van der Waals surface area contributed by atoms with Gasteiger partial charge < -0.3 is 15.0 Å². The number of nitrogens with zero attached hydrogens (tertiary/aromatic N) is 5. The molecule has 31 heavy (non-hydrogen) atoms. The van der Waals surface area contributed by atoms with E-state index < -0.39 is 5.60 Å². The zero-order chi connectivity index (χ0) is 22.2. The third kappa shape index (κ3) is 3.97. The Morgan fingerprint density at radius 3 is 2.65 bits per heavy atom. The van der Waals surface area contributed by atoms with Crippen molar-refractivity contribution in [2.75, 3.05) is 5.32 Å². The van der Waals surface area contributed by atoms with E-state index in [1.54, 1.807) is 10.7 Å². The molecule has 0 aliphatic carbocycles. The minimum Gasteiger partial charge on any atom is -0.384 e. The number of benzene rings is 1. The Kier molecular flexibility index (Phi) is 5.85. The molecule has 162 valence electrons. The Morgan fingerprint density at radius 1 is 1.19 bits per heavy atom. The number of hydrogen-bond acceptors (Lipinski definition) is 5. The maximum atomic E-state index is 11.1. The van der Waals surface area contributed by atoms with Gasteiger partial charge in [-0.15, -0.1) is 0 Å². The first-order valence-corrected chi connectivity index (χ1v) is 11.2. The van der Waals surface area contributed by atoms with Crippen LogP contribution in [0.25, 0.3) is 17.0 Å². The van der Waals surface area contributed by atoms with Crippen LogP contribution in [0.5, 0.6) is 0 Å². The van der Waals surface area contributed by atoms with Crippen LogP contribution < -0.4 is 5.32 Å². The average Bonchev–Trinajstić information content (AvgIpc) is 3.34. The van der Waals surface area contributed by atoms with Crippen LogP contribution >= 0.6 is 15.9 Å². The number of aromatic nitrogens is 5. The van der Waals surface area contributed by atoms with Gasteiger partial charge in [0.2, 0.25) is 0 Å². The van der Waals surface area contributed by atoms with Crippen molar-refractivity contribution in [3.8, 4) is 11.4 Å². The van der Waals surface area contributed by atoms with Crippen molar-refractivity contribution < 1.29 is 5.11 Å². The Balaban J connectivity index is 1.70. The third-order valence-electron chi connectivity index (χ3n) is 5.82. The zero-order valence-corrected chi connectivity index (χ0v) is 19.8. The monoisotopic (exact) mass is 482 g/mol. The number of anilines is 1. The van der Waals surface area contributed by atoms with Crippen molar-refractivity contribution in [1.82, 2.24) is 24.1 Å². The molecule has 0 saturated carbocycles. The molecule has 0 aliphatic rings. The summed E-state index contributed by atoms with van der Waals surface area (Å²) in [6.45, 7) is 6.49. The standard InChI is InChI=1S/C23H27BrN6O/c1-5-23(31,6-2)18-13-19(30-22(27-18)20(24)15(3)28-30)26-14-16-8-7-9-17(12-16)21-25-10-11-29(21)4/h7-13,26,31H,5-6,14H2,1-4H3. The van der Waals surface area contributed by atoms with E-state index in [0.717, 1.165) is 32.9 Å². The molecular weight excluding hydrogens is 456 g/mol. The molecule has 2 N–H and O–H groups in total. The van der Waals surface area contributed by atoms with Gasteiger partial charge in [-0.1, -0.05) is 32.0 Å². The summed E-state index contributed by atoms with van der Waals surface area (Å²) in [4.78, 5) is 9.18. The highest BCUT2D eigenvalue weighted by Crippen LogP contribution is 2.32. The number of imidazole rings is 1. The predicted molar refractivity (Wildman–Crippen MR) is 126 cm³/mol. The molecule has 1 aromatic carbocycles. The Hall–Kier alpha value is -2.71. The highest BCUT2D eigenvalue weighted by Gasteiger charge is 2.28. The fourth-order valence-electron chi connectivity index (χ4n) is 3.73. The number of halogens is 1. The first kappa shape index (κ1) is 21.5. The van der Waals surface area contributed by atoms with Crippen LogP contribution in [0.15, 0.2) is 47.2 Å². The van der Waals surface area contributed by atoms with Gasteiger partial charge in [-0.2, -0.15) is 9.61 Å². The van der Waals surface area contributed by atoms with Crippen molar-refractivity contribution in [3.63, 3.8) is 0 Å². The van der Waals surface area contributed by atoms with E-state index in [-0.39, 0.29) is 0 Å². The highest BCUT2D eigenvalue weighted by molar-refractivity contribution is 9.10. The van der Waals surface area contributed by atoms with Gasteiger partial charge >= 0.3 is 0 Å². The second kappa shape index (κ2) is 8.43. The summed E-state index contributed by atoms with van der Waals surface area (Å²) in [5.41, 5.74) is 3.40. The Labute approximate surface area is 190 Å². The van der Waals surface area contributed by atoms with E-state index in [9.17, 15) is 5.11 Å². The fraction of sp³-hybridized carbons (Fsp3) is 0.348. The van der Waals surface area contributed by atoms with Gasteiger partial charge in [0.1, 0.15) is 17.2 Å². The van der Waals surface area contributed by atoms with Crippen LogP contribution in [0.2, 0.25) is 0 Å². The number of nitrogens with one attached hydrogen (secondary N) is 1. The molecule has 0 aliphatic heterocycles. The summed E-state index contributed by atoms with van der Waals surface area (Å²) in [6.07, 6.45) is 4.91. The van der Waals surface area contributed by atoms with Crippen molar-refractivity contribution in [2.24, 2.45) is 7.05 Å². The average molecular weight is 483 g/mol. The summed E-state index contributed by atoms with van der Waals surface area (Å²) >= 11 is 3.60. The molecule has 3 aromatic heterocycles. The molecule has 0 fully saturated rings. The number of aliphatic hydroxyl groups is 1. The maximum absolute atomic E-state index is 11.1. The molecule has 0 spiro atoms. The van der Waals surface area contributed by atoms with Gasteiger partial charge in [0.15, 0.2) is 5.65 Å². The van der Waals surface area contributed by atoms with Crippen LogP contribution in [0.3, 0.4) is 0 Å². The molecule has 4 rings (SSSR count). The van der Waals surface area contributed by atoms with Crippen molar-refractivity contribution in [3.05, 3.63) is 64.1 Å². The van der Waals surface area contributed by atoms with Gasteiger partial charge in [-0.25, -0.2) is 9.97 Å². The molecule has 0 amide bonds. The Morgan fingerprint density at radius 2 is 1.97 bits per heavy atom. The van der Waals surface area contributed by atoms with E-state index >= 15 is 0 Å². The maximum Gasteiger partial charge on any atom is 0.172 e. The van der Waals surface area contributed by atoms with Gasteiger partial charge in [0.05, 0.1) is 15.9 Å². The molecule has 0 radical (unpaired) electrons. The molecule has 0 atom stereocenters. The van der Waals surface area contributed by atoms with Gasteiger partial charge in [-0.3, -0.25) is 0 Å². The van der Waals surface area contributed by atoms with E-state index in [0.29, 0.717) is 30.7 Å². The quantitative estimate of drug-likeness (QED) is 0.394. The van der Waals surface area contributed by atoms with Gasteiger partial charge in [0.25, 0.3) is 0 Å². The van der Waals surface area contributed by atoms with Crippen LogP contribution in [0.4, 0.5) is 5.82 Å². The predicted octanol–water partition coefficient (Wildman–Crippen LogP) is 4.82. The number of aryl methyl sites for hydroxylation is 2. The van der Waals surface area contributed by atoms with E-state index in [2.05, 4.69) is 49.5 Å². The fourth-order valence-corrected chi connectivity index (χ4v) is 4.07. The van der Waals surface area contributed by atoms with Crippen LogP contribution in [0, 0.1) is 6.92 Å². The van der Waals surface area contributed by atoms with Crippen molar-refractivity contribution >= 4 is 27.4 Å². The molecule has 4 aromatic rings. The largest absolute Gasteiger partial charge is 0.384 e. The minimum atomic E-state index is -0.978. The molecule has 0 saturated heterocycles. The summed E-state index contributed by atoms with van der Waals surface area (Å²) in [6, 6.07) is 10.2. The Bertz CT molecular complexity index is 1220. The van der Waals surface area contributed by atoms with Crippen LogP contribution in [-0.2, 0) is 19.2 Å². The second-order valence-electron chi connectivity index (χ2n) is 7.82. The van der Waals surface area contributed by atoms with E-state index in [4.69, 9.17) is 4.98 Å². The van der Waals surface area contributed by atoms with Gasteiger partial charge in [-0.05, 0) is 47.3 Å².